The molecule has 1 aromatic rings. The van der Waals surface area contributed by atoms with Gasteiger partial charge in [-0.3, -0.25) is 4.90 Å². The SMILES string of the molecule is CC(C)(C)OC(=O)N1CCn2c(Br)cnc2C1. The maximum absolute atomic E-state index is 11.9. The number of amides is 1. The molecule has 1 aliphatic rings. The first-order valence-electron chi connectivity index (χ1n) is 5.54. The molecule has 0 spiro atoms. The lowest BCUT2D eigenvalue weighted by atomic mass is 10.2. The van der Waals surface area contributed by atoms with E-state index in [4.69, 9.17) is 4.74 Å². The molecule has 94 valence electrons. The van der Waals surface area contributed by atoms with Gasteiger partial charge in [0.15, 0.2) is 0 Å². The van der Waals surface area contributed by atoms with Crippen molar-refractivity contribution in [3.05, 3.63) is 16.6 Å². The Morgan fingerprint density at radius 1 is 1.47 bits per heavy atom. The molecule has 5 nitrogen and oxygen atoms in total. The van der Waals surface area contributed by atoms with Crippen molar-refractivity contribution in [3.8, 4) is 0 Å². The largest absolute Gasteiger partial charge is 0.444 e. The summed E-state index contributed by atoms with van der Waals surface area (Å²) in [7, 11) is 0. The van der Waals surface area contributed by atoms with Crippen LogP contribution in [0.4, 0.5) is 4.79 Å². The Bertz CT molecular complexity index is 436. The fourth-order valence-corrected chi connectivity index (χ4v) is 2.19. The molecule has 1 aliphatic heterocycles. The van der Waals surface area contributed by atoms with Crippen LogP contribution in [-0.2, 0) is 17.8 Å². The lowest BCUT2D eigenvalue weighted by Gasteiger charge is -2.30. The Morgan fingerprint density at radius 3 is 2.82 bits per heavy atom. The number of halogens is 1. The summed E-state index contributed by atoms with van der Waals surface area (Å²) in [6.07, 6.45) is 1.48. The lowest BCUT2D eigenvalue weighted by molar-refractivity contribution is 0.0194. The van der Waals surface area contributed by atoms with E-state index in [-0.39, 0.29) is 6.09 Å². The summed E-state index contributed by atoms with van der Waals surface area (Å²) in [5.41, 5.74) is -0.454. The van der Waals surface area contributed by atoms with Crippen molar-refractivity contribution in [3.63, 3.8) is 0 Å². The summed E-state index contributed by atoms with van der Waals surface area (Å²) in [6.45, 7) is 7.50. The van der Waals surface area contributed by atoms with Gasteiger partial charge in [0.25, 0.3) is 0 Å². The highest BCUT2D eigenvalue weighted by Crippen LogP contribution is 2.20. The molecule has 0 unspecified atom stereocenters. The molecule has 17 heavy (non-hydrogen) atoms. The molecule has 0 atom stereocenters. The van der Waals surface area contributed by atoms with Crippen molar-refractivity contribution in [1.29, 1.82) is 0 Å². The smallest absolute Gasteiger partial charge is 0.410 e. The third kappa shape index (κ3) is 2.80. The normalized spacial score (nSPS) is 15.6. The van der Waals surface area contributed by atoms with Crippen LogP contribution in [-0.4, -0.2) is 32.7 Å². The molecule has 1 aromatic heterocycles. The number of fused-ring (bicyclic) bond motifs is 1. The minimum Gasteiger partial charge on any atom is -0.444 e. The van der Waals surface area contributed by atoms with E-state index in [0.717, 1.165) is 17.0 Å². The predicted octanol–water partition coefficient (Wildman–Crippen LogP) is 2.40. The molecule has 0 aromatic carbocycles. The molecule has 0 saturated carbocycles. The van der Waals surface area contributed by atoms with Crippen LogP contribution in [0.3, 0.4) is 0 Å². The van der Waals surface area contributed by atoms with Crippen molar-refractivity contribution in [2.75, 3.05) is 6.54 Å². The second kappa shape index (κ2) is 4.33. The first-order valence-corrected chi connectivity index (χ1v) is 6.34. The van der Waals surface area contributed by atoms with Crippen molar-refractivity contribution >= 4 is 22.0 Å². The summed E-state index contributed by atoms with van der Waals surface area (Å²) in [5.74, 6) is 0.883. The second-order valence-corrected chi connectivity index (χ2v) is 5.86. The summed E-state index contributed by atoms with van der Waals surface area (Å²) in [5, 5.41) is 0. The quantitative estimate of drug-likeness (QED) is 0.739. The van der Waals surface area contributed by atoms with Gasteiger partial charge in [-0.25, -0.2) is 9.78 Å². The summed E-state index contributed by atoms with van der Waals surface area (Å²) in [4.78, 5) is 17.8. The first-order chi connectivity index (χ1) is 7.87. The van der Waals surface area contributed by atoms with Gasteiger partial charge in [-0.15, -0.1) is 0 Å². The van der Waals surface area contributed by atoms with Crippen LogP contribution in [0.2, 0.25) is 0 Å². The lowest BCUT2D eigenvalue weighted by Crippen LogP contribution is -2.41. The van der Waals surface area contributed by atoms with E-state index < -0.39 is 5.60 Å². The van der Waals surface area contributed by atoms with E-state index in [2.05, 4.69) is 25.5 Å². The van der Waals surface area contributed by atoms with Crippen LogP contribution < -0.4 is 0 Å². The van der Waals surface area contributed by atoms with Crippen LogP contribution >= 0.6 is 15.9 Å². The molecule has 0 saturated heterocycles. The number of ether oxygens (including phenoxy) is 1. The fraction of sp³-hybridized carbons (Fsp3) is 0.636. The average Bonchev–Trinajstić information content (AvgIpc) is 2.57. The second-order valence-electron chi connectivity index (χ2n) is 5.05. The van der Waals surface area contributed by atoms with E-state index in [9.17, 15) is 4.79 Å². The zero-order chi connectivity index (χ0) is 12.6. The first kappa shape index (κ1) is 12.4. The Morgan fingerprint density at radius 2 is 2.18 bits per heavy atom. The fourth-order valence-electron chi connectivity index (χ4n) is 1.71. The summed E-state index contributed by atoms with van der Waals surface area (Å²) in [6, 6.07) is 0. The van der Waals surface area contributed by atoms with Gasteiger partial charge >= 0.3 is 6.09 Å². The van der Waals surface area contributed by atoms with Crippen molar-refractivity contribution in [2.45, 2.75) is 39.5 Å². The zero-order valence-corrected chi connectivity index (χ0v) is 11.8. The van der Waals surface area contributed by atoms with Crippen molar-refractivity contribution < 1.29 is 9.53 Å². The van der Waals surface area contributed by atoms with Crippen LogP contribution in [0.5, 0.6) is 0 Å². The standard InChI is InChI=1S/C11H16BrN3O2/c1-11(2,3)17-10(16)14-4-5-15-8(12)6-13-9(15)7-14/h6H,4-5,7H2,1-3H3. The number of imidazole rings is 1. The van der Waals surface area contributed by atoms with E-state index in [1.807, 2.05) is 20.8 Å². The number of carbonyl (C=O) groups is 1. The summed E-state index contributed by atoms with van der Waals surface area (Å²) < 4.78 is 8.35. The number of rotatable bonds is 0. The highest BCUT2D eigenvalue weighted by Gasteiger charge is 2.26. The molecule has 0 fully saturated rings. The average molecular weight is 302 g/mol. The van der Waals surface area contributed by atoms with Crippen LogP contribution in [0.15, 0.2) is 10.8 Å². The molecule has 2 rings (SSSR count). The molecule has 0 bridgehead atoms. The molecule has 0 N–H and O–H groups in total. The number of nitrogens with zero attached hydrogens (tertiary/aromatic N) is 3. The molecular formula is C11H16BrN3O2. The zero-order valence-electron chi connectivity index (χ0n) is 10.2. The van der Waals surface area contributed by atoms with Gasteiger partial charge < -0.3 is 9.30 Å². The van der Waals surface area contributed by atoms with Crippen LogP contribution in [0, 0.1) is 0 Å². The van der Waals surface area contributed by atoms with E-state index >= 15 is 0 Å². The molecule has 1 amide bonds. The van der Waals surface area contributed by atoms with E-state index in [1.54, 1.807) is 11.1 Å². The van der Waals surface area contributed by atoms with Crippen molar-refractivity contribution in [2.24, 2.45) is 0 Å². The number of aromatic nitrogens is 2. The Kier molecular flexibility index (Phi) is 3.16. The van der Waals surface area contributed by atoms with Gasteiger partial charge in [-0.1, -0.05) is 0 Å². The molecule has 6 heteroatoms. The van der Waals surface area contributed by atoms with Crippen molar-refractivity contribution in [1.82, 2.24) is 14.5 Å². The predicted molar refractivity (Wildman–Crippen MR) is 66.6 cm³/mol. The Balaban J connectivity index is 2.05. The number of carbonyl (C=O) groups excluding carboxylic acids is 1. The highest BCUT2D eigenvalue weighted by molar-refractivity contribution is 9.10. The summed E-state index contributed by atoms with van der Waals surface area (Å²) >= 11 is 3.42. The maximum atomic E-state index is 11.9. The van der Waals surface area contributed by atoms with Gasteiger partial charge in [-0.2, -0.15) is 0 Å². The monoisotopic (exact) mass is 301 g/mol. The Hall–Kier alpha value is -1.04. The molecule has 0 radical (unpaired) electrons. The molecule has 0 aliphatic carbocycles. The third-order valence-electron chi connectivity index (χ3n) is 2.47. The third-order valence-corrected chi connectivity index (χ3v) is 3.10. The van der Waals surface area contributed by atoms with E-state index in [1.165, 1.54) is 0 Å². The Labute approximate surface area is 109 Å². The number of hydrogen-bond donors (Lipinski definition) is 0. The van der Waals surface area contributed by atoms with Gasteiger partial charge in [0.2, 0.25) is 0 Å². The topological polar surface area (TPSA) is 47.4 Å². The van der Waals surface area contributed by atoms with Crippen LogP contribution in [0.1, 0.15) is 26.6 Å². The highest BCUT2D eigenvalue weighted by atomic mass is 79.9. The van der Waals surface area contributed by atoms with E-state index in [0.29, 0.717) is 13.1 Å². The van der Waals surface area contributed by atoms with Gasteiger partial charge in [-0.05, 0) is 36.7 Å². The van der Waals surface area contributed by atoms with Crippen LogP contribution in [0.25, 0.3) is 0 Å². The molecular weight excluding hydrogens is 286 g/mol. The molecule has 2 heterocycles. The van der Waals surface area contributed by atoms with Gasteiger partial charge in [0.05, 0.1) is 12.7 Å². The maximum Gasteiger partial charge on any atom is 0.410 e. The minimum atomic E-state index is -0.454. The number of hydrogen-bond acceptors (Lipinski definition) is 3. The van der Waals surface area contributed by atoms with Gasteiger partial charge in [0.1, 0.15) is 16.0 Å². The van der Waals surface area contributed by atoms with Gasteiger partial charge in [0, 0.05) is 13.1 Å². The minimum absolute atomic E-state index is 0.275.